The molecule has 3 rings (SSSR count). The first-order valence-electron chi connectivity index (χ1n) is 9.63. The van der Waals surface area contributed by atoms with Gasteiger partial charge >= 0.3 is 0 Å². The highest BCUT2D eigenvalue weighted by Crippen LogP contribution is 2.35. The summed E-state index contributed by atoms with van der Waals surface area (Å²) in [4.78, 5) is 0. The second kappa shape index (κ2) is 9.89. The number of halogens is 1. The van der Waals surface area contributed by atoms with Crippen LogP contribution in [0.4, 0.5) is 0 Å². The van der Waals surface area contributed by atoms with Gasteiger partial charge in [-0.1, -0.05) is 35.9 Å². The molecule has 1 fully saturated rings. The number of ether oxygens (including phenoxy) is 3. The molecule has 0 spiro atoms. The second-order valence-electron chi connectivity index (χ2n) is 7.06. The predicted molar refractivity (Wildman–Crippen MR) is 109 cm³/mol. The summed E-state index contributed by atoms with van der Waals surface area (Å²) in [5, 5.41) is 31.1. The Morgan fingerprint density at radius 1 is 1.07 bits per heavy atom. The van der Waals surface area contributed by atoms with Gasteiger partial charge in [-0.2, -0.15) is 0 Å². The smallest absolute Gasteiger partial charge is 0.119 e. The average molecular weight is 423 g/mol. The van der Waals surface area contributed by atoms with Crippen molar-refractivity contribution in [2.75, 3.05) is 20.3 Å². The molecule has 5 atom stereocenters. The summed E-state index contributed by atoms with van der Waals surface area (Å²) in [6, 6.07) is 13.2. The van der Waals surface area contributed by atoms with Crippen molar-refractivity contribution in [3.8, 4) is 5.75 Å². The SMILES string of the molecule is CCOc1ccc(Cc2cc([C@@H]3O[C@H](CO)[C@@H](OC)[C@H](O)[C@H]3O)ccc2Cl)cc1. The Morgan fingerprint density at radius 2 is 1.79 bits per heavy atom. The Balaban J connectivity index is 1.82. The maximum atomic E-state index is 10.6. The molecule has 1 saturated heterocycles. The lowest BCUT2D eigenvalue weighted by Gasteiger charge is -2.41. The molecule has 0 aromatic heterocycles. The number of hydrogen-bond donors (Lipinski definition) is 3. The molecule has 2 aromatic carbocycles. The van der Waals surface area contributed by atoms with Crippen LogP contribution in [0.3, 0.4) is 0 Å². The first-order valence-corrected chi connectivity index (χ1v) is 10.0. The Labute approximate surface area is 175 Å². The van der Waals surface area contributed by atoms with Crippen LogP contribution < -0.4 is 4.74 Å². The molecule has 0 amide bonds. The molecule has 1 aliphatic heterocycles. The van der Waals surface area contributed by atoms with E-state index in [1.165, 1.54) is 7.11 Å². The molecule has 29 heavy (non-hydrogen) atoms. The Hall–Kier alpha value is -1.67. The van der Waals surface area contributed by atoms with E-state index in [1.807, 2.05) is 37.3 Å². The van der Waals surface area contributed by atoms with Crippen LogP contribution in [0.1, 0.15) is 29.7 Å². The van der Waals surface area contributed by atoms with Gasteiger partial charge in [0.2, 0.25) is 0 Å². The van der Waals surface area contributed by atoms with Crippen LogP contribution in [0, 0.1) is 0 Å². The number of rotatable bonds is 7. The minimum absolute atomic E-state index is 0.328. The van der Waals surface area contributed by atoms with E-state index in [2.05, 4.69) is 0 Å². The normalized spacial score (nSPS) is 27.0. The lowest BCUT2D eigenvalue weighted by atomic mass is 9.90. The van der Waals surface area contributed by atoms with Crippen LogP contribution in [-0.4, -0.2) is 60.1 Å². The number of hydrogen-bond acceptors (Lipinski definition) is 6. The summed E-state index contributed by atoms with van der Waals surface area (Å²) in [5.41, 5.74) is 2.60. The summed E-state index contributed by atoms with van der Waals surface area (Å²) in [7, 11) is 1.41. The maximum absolute atomic E-state index is 10.6. The monoisotopic (exact) mass is 422 g/mol. The fourth-order valence-electron chi connectivity index (χ4n) is 3.65. The molecule has 0 saturated carbocycles. The molecule has 7 heteroatoms. The number of methoxy groups -OCH3 is 1. The average Bonchev–Trinajstić information content (AvgIpc) is 2.73. The molecular weight excluding hydrogens is 396 g/mol. The highest BCUT2D eigenvalue weighted by atomic mass is 35.5. The minimum atomic E-state index is -1.19. The maximum Gasteiger partial charge on any atom is 0.119 e. The zero-order chi connectivity index (χ0) is 21.0. The van der Waals surface area contributed by atoms with E-state index in [0.29, 0.717) is 23.6 Å². The van der Waals surface area contributed by atoms with Crippen LogP contribution >= 0.6 is 11.6 Å². The second-order valence-corrected chi connectivity index (χ2v) is 7.47. The van der Waals surface area contributed by atoms with E-state index < -0.39 is 30.5 Å². The van der Waals surface area contributed by atoms with E-state index in [-0.39, 0.29) is 6.61 Å². The van der Waals surface area contributed by atoms with Crippen LogP contribution in [-0.2, 0) is 15.9 Å². The van der Waals surface area contributed by atoms with Crippen molar-refractivity contribution in [3.63, 3.8) is 0 Å². The zero-order valence-electron chi connectivity index (χ0n) is 16.5. The highest BCUT2D eigenvalue weighted by Gasteiger charge is 2.45. The Kier molecular flexibility index (Phi) is 7.51. The summed E-state index contributed by atoms with van der Waals surface area (Å²) in [6.07, 6.45) is -4.13. The molecule has 0 bridgehead atoms. The van der Waals surface area contributed by atoms with Gasteiger partial charge in [0.1, 0.15) is 36.3 Å². The number of aliphatic hydroxyl groups is 3. The summed E-state index contributed by atoms with van der Waals surface area (Å²) in [5.74, 6) is 0.812. The van der Waals surface area contributed by atoms with Gasteiger partial charge in [0.25, 0.3) is 0 Å². The van der Waals surface area contributed by atoms with Crippen molar-refractivity contribution in [2.24, 2.45) is 0 Å². The topological polar surface area (TPSA) is 88.4 Å². The molecular formula is C22H27ClO6. The number of aliphatic hydroxyl groups excluding tert-OH is 3. The Morgan fingerprint density at radius 3 is 2.41 bits per heavy atom. The third kappa shape index (κ3) is 4.91. The van der Waals surface area contributed by atoms with E-state index >= 15 is 0 Å². The standard InChI is InChI=1S/C22H27ClO6/c1-3-28-16-7-4-13(5-8-16)10-15-11-14(6-9-17(15)23)21-19(25)20(26)22(27-2)18(12-24)29-21/h4-9,11,18-22,24-26H,3,10,12H2,1-2H3/t18-,19-,20-,21+,22-/m1/s1. The fraction of sp³-hybridized carbons (Fsp3) is 0.455. The zero-order valence-corrected chi connectivity index (χ0v) is 17.2. The van der Waals surface area contributed by atoms with Crippen molar-refractivity contribution in [2.45, 2.75) is 43.9 Å². The van der Waals surface area contributed by atoms with Gasteiger partial charge in [-0.3, -0.25) is 0 Å². The van der Waals surface area contributed by atoms with Gasteiger partial charge in [-0.25, -0.2) is 0 Å². The molecule has 0 unspecified atom stereocenters. The van der Waals surface area contributed by atoms with Crippen LogP contribution in [0.5, 0.6) is 5.75 Å². The van der Waals surface area contributed by atoms with E-state index in [4.69, 9.17) is 25.8 Å². The van der Waals surface area contributed by atoms with Crippen molar-refractivity contribution >= 4 is 11.6 Å². The number of benzene rings is 2. The van der Waals surface area contributed by atoms with Crippen LogP contribution in [0.25, 0.3) is 0 Å². The predicted octanol–water partition coefficient (Wildman–Crippen LogP) is 2.50. The first kappa shape index (κ1) is 22.0. The van der Waals surface area contributed by atoms with E-state index in [1.54, 1.807) is 12.1 Å². The summed E-state index contributed by atoms with van der Waals surface area (Å²) >= 11 is 6.40. The van der Waals surface area contributed by atoms with Crippen molar-refractivity contribution in [1.29, 1.82) is 0 Å². The molecule has 1 aliphatic rings. The molecule has 6 nitrogen and oxygen atoms in total. The molecule has 3 N–H and O–H groups in total. The molecule has 158 valence electrons. The third-order valence-corrected chi connectivity index (χ3v) is 5.53. The lowest BCUT2D eigenvalue weighted by Crippen LogP contribution is -2.56. The highest BCUT2D eigenvalue weighted by molar-refractivity contribution is 6.31. The van der Waals surface area contributed by atoms with E-state index in [0.717, 1.165) is 16.9 Å². The summed E-state index contributed by atoms with van der Waals surface area (Å²) < 4.78 is 16.5. The molecule has 0 aliphatic carbocycles. The van der Waals surface area contributed by atoms with Gasteiger partial charge in [0.05, 0.1) is 13.2 Å². The largest absolute Gasteiger partial charge is 0.494 e. The van der Waals surface area contributed by atoms with Crippen LogP contribution in [0.15, 0.2) is 42.5 Å². The fourth-order valence-corrected chi connectivity index (χ4v) is 3.84. The van der Waals surface area contributed by atoms with Gasteiger partial charge in [-0.05, 0) is 48.2 Å². The van der Waals surface area contributed by atoms with Crippen LogP contribution in [0.2, 0.25) is 5.02 Å². The van der Waals surface area contributed by atoms with Gasteiger partial charge in [-0.15, -0.1) is 0 Å². The van der Waals surface area contributed by atoms with Crippen molar-refractivity contribution in [1.82, 2.24) is 0 Å². The molecule has 1 heterocycles. The molecule has 2 aromatic rings. The van der Waals surface area contributed by atoms with Gasteiger partial charge in [0.15, 0.2) is 0 Å². The van der Waals surface area contributed by atoms with Crippen molar-refractivity contribution in [3.05, 3.63) is 64.2 Å². The van der Waals surface area contributed by atoms with Crippen molar-refractivity contribution < 1.29 is 29.5 Å². The quantitative estimate of drug-likeness (QED) is 0.635. The first-order chi connectivity index (χ1) is 14.0. The minimum Gasteiger partial charge on any atom is -0.494 e. The van der Waals surface area contributed by atoms with E-state index in [9.17, 15) is 15.3 Å². The molecule has 0 radical (unpaired) electrons. The van der Waals surface area contributed by atoms with Gasteiger partial charge in [0, 0.05) is 12.1 Å². The third-order valence-electron chi connectivity index (χ3n) is 5.16. The van der Waals surface area contributed by atoms with Gasteiger partial charge < -0.3 is 29.5 Å². The Bertz CT molecular complexity index is 794. The lowest BCUT2D eigenvalue weighted by molar-refractivity contribution is -0.238. The summed E-state index contributed by atoms with van der Waals surface area (Å²) in [6.45, 7) is 2.22.